The Morgan fingerprint density at radius 1 is 0.893 bits per heavy atom. The van der Waals surface area contributed by atoms with E-state index in [-0.39, 0.29) is 5.91 Å². The summed E-state index contributed by atoms with van der Waals surface area (Å²) in [6.45, 7) is 8.18. The molecule has 0 spiro atoms. The first-order chi connectivity index (χ1) is 13.6. The van der Waals surface area contributed by atoms with Gasteiger partial charge in [0.15, 0.2) is 5.82 Å². The molecule has 28 heavy (non-hydrogen) atoms. The van der Waals surface area contributed by atoms with Crippen molar-refractivity contribution in [2.24, 2.45) is 11.8 Å². The van der Waals surface area contributed by atoms with Crippen LogP contribution in [0.15, 0.2) is 36.4 Å². The fourth-order valence-corrected chi connectivity index (χ4v) is 4.03. The molecule has 2 saturated heterocycles. The smallest absolute Gasteiger partial charge is 0.272 e. The molecule has 3 heterocycles. The molecular formula is C23H30N4O. The largest absolute Gasteiger partial charge is 0.356 e. The normalized spacial score (nSPS) is 19.1. The van der Waals surface area contributed by atoms with E-state index in [1.54, 1.807) is 0 Å². The van der Waals surface area contributed by atoms with Crippen molar-refractivity contribution >= 4 is 11.7 Å². The van der Waals surface area contributed by atoms with E-state index < -0.39 is 0 Å². The summed E-state index contributed by atoms with van der Waals surface area (Å²) >= 11 is 0. The fraction of sp³-hybridized carbons (Fsp3) is 0.522. The summed E-state index contributed by atoms with van der Waals surface area (Å²) in [6, 6.07) is 11.9. The molecule has 1 amide bonds. The number of hydrogen-bond donors (Lipinski definition) is 0. The molecule has 2 aromatic rings. The van der Waals surface area contributed by atoms with Crippen LogP contribution in [0.2, 0.25) is 0 Å². The van der Waals surface area contributed by atoms with Gasteiger partial charge in [-0.15, -0.1) is 0 Å². The lowest BCUT2D eigenvalue weighted by atomic mass is 9.99. The molecule has 2 aliphatic heterocycles. The van der Waals surface area contributed by atoms with Crippen LogP contribution in [0.3, 0.4) is 0 Å². The third-order valence-corrected chi connectivity index (χ3v) is 6.14. The van der Waals surface area contributed by atoms with Gasteiger partial charge in [-0.05, 0) is 37.5 Å². The minimum absolute atomic E-state index is 0.0399. The van der Waals surface area contributed by atoms with Gasteiger partial charge in [-0.25, -0.2) is 9.97 Å². The highest BCUT2D eigenvalue weighted by Gasteiger charge is 2.25. The molecule has 0 aliphatic carbocycles. The second-order valence-corrected chi connectivity index (χ2v) is 8.45. The quantitative estimate of drug-likeness (QED) is 0.801. The van der Waals surface area contributed by atoms with Gasteiger partial charge in [0.25, 0.3) is 5.91 Å². The molecule has 1 aromatic heterocycles. The maximum absolute atomic E-state index is 13.2. The number of piperidine rings is 2. The molecular weight excluding hydrogens is 348 g/mol. The zero-order valence-electron chi connectivity index (χ0n) is 17.0. The number of anilines is 1. The van der Waals surface area contributed by atoms with Crippen molar-refractivity contribution in [3.63, 3.8) is 0 Å². The minimum Gasteiger partial charge on any atom is -0.356 e. The third-order valence-electron chi connectivity index (χ3n) is 6.14. The SMILES string of the molecule is CC1CCN(C(=O)c2cc(N3CCC(C)CC3)nc(-c3ccccc3)n2)CC1. The van der Waals surface area contributed by atoms with Crippen LogP contribution >= 0.6 is 0 Å². The summed E-state index contributed by atoms with van der Waals surface area (Å²) in [6.07, 6.45) is 4.47. The number of nitrogens with zero attached hydrogens (tertiary/aromatic N) is 4. The van der Waals surface area contributed by atoms with Crippen molar-refractivity contribution in [3.8, 4) is 11.4 Å². The topological polar surface area (TPSA) is 49.3 Å². The highest BCUT2D eigenvalue weighted by molar-refractivity contribution is 5.93. The number of hydrogen-bond acceptors (Lipinski definition) is 4. The van der Waals surface area contributed by atoms with Gasteiger partial charge in [-0.2, -0.15) is 0 Å². The lowest BCUT2D eigenvalue weighted by Gasteiger charge is -2.32. The summed E-state index contributed by atoms with van der Waals surface area (Å²) in [5.41, 5.74) is 1.48. The van der Waals surface area contributed by atoms with Crippen molar-refractivity contribution < 1.29 is 4.79 Å². The summed E-state index contributed by atoms with van der Waals surface area (Å²) in [5, 5.41) is 0. The van der Waals surface area contributed by atoms with Crippen molar-refractivity contribution in [2.45, 2.75) is 39.5 Å². The Labute approximate surface area is 167 Å². The molecule has 0 N–H and O–H groups in total. The third kappa shape index (κ3) is 4.18. The van der Waals surface area contributed by atoms with E-state index in [0.29, 0.717) is 17.4 Å². The summed E-state index contributed by atoms with van der Waals surface area (Å²) in [7, 11) is 0. The summed E-state index contributed by atoms with van der Waals surface area (Å²) in [4.78, 5) is 27.0. The van der Waals surface area contributed by atoms with Gasteiger partial charge in [0.2, 0.25) is 0 Å². The molecule has 0 atom stereocenters. The number of rotatable bonds is 3. The Bertz CT molecular complexity index is 807. The van der Waals surface area contributed by atoms with Gasteiger partial charge >= 0.3 is 0 Å². The monoisotopic (exact) mass is 378 g/mol. The molecule has 5 heteroatoms. The second-order valence-electron chi connectivity index (χ2n) is 8.45. The molecule has 0 saturated carbocycles. The first-order valence-corrected chi connectivity index (χ1v) is 10.6. The number of carbonyl (C=O) groups is 1. The Morgan fingerprint density at radius 2 is 1.50 bits per heavy atom. The van der Waals surface area contributed by atoms with Crippen molar-refractivity contribution in [1.82, 2.24) is 14.9 Å². The van der Waals surface area contributed by atoms with E-state index in [9.17, 15) is 4.79 Å². The lowest BCUT2D eigenvalue weighted by molar-refractivity contribution is 0.0691. The Kier molecular flexibility index (Phi) is 5.60. The minimum atomic E-state index is 0.0399. The van der Waals surface area contributed by atoms with Crippen LogP contribution in [0.1, 0.15) is 50.0 Å². The van der Waals surface area contributed by atoms with Crippen molar-refractivity contribution in [1.29, 1.82) is 0 Å². The van der Waals surface area contributed by atoms with E-state index in [0.717, 1.165) is 69.2 Å². The van der Waals surface area contributed by atoms with E-state index in [1.807, 2.05) is 41.3 Å². The number of likely N-dealkylation sites (tertiary alicyclic amines) is 1. The molecule has 1 aromatic carbocycles. The van der Waals surface area contributed by atoms with E-state index in [1.165, 1.54) is 0 Å². The van der Waals surface area contributed by atoms with Crippen molar-refractivity contribution in [3.05, 3.63) is 42.1 Å². The van der Waals surface area contributed by atoms with Gasteiger partial charge in [0, 0.05) is 37.8 Å². The Balaban J connectivity index is 1.66. The standard InChI is InChI=1S/C23H30N4O/c1-17-8-12-26(13-9-17)21-16-20(23(28)27-14-10-18(2)11-15-27)24-22(25-21)19-6-4-3-5-7-19/h3-7,16-18H,8-15H2,1-2H3. The van der Waals surface area contributed by atoms with Crippen LogP contribution < -0.4 is 4.90 Å². The molecule has 148 valence electrons. The van der Waals surface area contributed by atoms with E-state index in [2.05, 4.69) is 23.7 Å². The van der Waals surface area contributed by atoms with Gasteiger partial charge in [0.1, 0.15) is 11.5 Å². The summed E-state index contributed by atoms with van der Waals surface area (Å²) < 4.78 is 0. The predicted octanol–water partition coefficient (Wildman–Crippen LogP) is 4.25. The number of benzene rings is 1. The first-order valence-electron chi connectivity index (χ1n) is 10.6. The van der Waals surface area contributed by atoms with Gasteiger partial charge in [0.05, 0.1) is 0 Å². The average molecular weight is 379 g/mol. The molecule has 5 nitrogen and oxygen atoms in total. The van der Waals surface area contributed by atoms with Crippen LogP contribution in [-0.4, -0.2) is 47.0 Å². The molecule has 0 bridgehead atoms. The molecule has 4 rings (SSSR count). The second kappa shape index (κ2) is 8.29. The Hall–Kier alpha value is -2.43. The maximum Gasteiger partial charge on any atom is 0.272 e. The highest BCUT2D eigenvalue weighted by Crippen LogP contribution is 2.26. The Morgan fingerprint density at radius 3 is 2.14 bits per heavy atom. The number of aromatic nitrogens is 2. The van der Waals surface area contributed by atoms with Gasteiger partial charge in [-0.3, -0.25) is 4.79 Å². The van der Waals surface area contributed by atoms with Crippen LogP contribution in [0.25, 0.3) is 11.4 Å². The van der Waals surface area contributed by atoms with E-state index >= 15 is 0 Å². The maximum atomic E-state index is 13.2. The highest BCUT2D eigenvalue weighted by atomic mass is 16.2. The van der Waals surface area contributed by atoms with Crippen LogP contribution in [-0.2, 0) is 0 Å². The predicted molar refractivity (Wildman–Crippen MR) is 112 cm³/mol. The van der Waals surface area contributed by atoms with Gasteiger partial charge < -0.3 is 9.80 Å². The summed E-state index contributed by atoms with van der Waals surface area (Å²) in [5.74, 6) is 3.02. The number of carbonyl (C=O) groups excluding carboxylic acids is 1. The van der Waals surface area contributed by atoms with Crippen LogP contribution in [0.5, 0.6) is 0 Å². The lowest BCUT2D eigenvalue weighted by Crippen LogP contribution is -2.39. The molecule has 0 radical (unpaired) electrons. The fourth-order valence-electron chi connectivity index (χ4n) is 4.03. The van der Waals surface area contributed by atoms with Crippen molar-refractivity contribution in [2.75, 3.05) is 31.1 Å². The molecule has 2 fully saturated rings. The van der Waals surface area contributed by atoms with E-state index in [4.69, 9.17) is 4.98 Å². The zero-order chi connectivity index (χ0) is 19.5. The van der Waals surface area contributed by atoms with Gasteiger partial charge in [-0.1, -0.05) is 44.2 Å². The average Bonchev–Trinajstić information content (AvgIpc) is 2.74. The number of amides is 1. The van der Waals surface area contributed by atoms with Crippen LogP contribution in [0, 0.1) is 11.8 Å². The first kappa shape index (κ1) is 18.9. The molecule has 2 aliphatic rings. The zero-order valence-corrected chi connectivity index (χ0v) is 17.0. The molecule has 0 unspecified atom stereocenters. The van der Waals surface area contributed by atoms with Crippen LogP contribution in [0.4, 0.5) is 5.82 Å².